The lowest BCUT2D eigenvalue weighted by atomic mass is 10.1. The minimum absolute atomic E-state index is 0.000929. The lowest BCUT2D eigenvalue weighted by Crippen LogP contribution is -2.36. The summed E-state index contributed by atoms with van der Waals surface area (Å²) in [5.74, 6) is 0.000929. The molecule has 1 aliphatic heterocycles. The molecule has 0 spiro atoms. The maximum absolute atomic E-state index is 11.6. The average Bonchev–Trinajstić information content (AvgIpc) is 2.71. The first-order valence-corrected chi connectivity index (χ1v) is 5.72. The van der Waals surface area contributed by atoms with Crippen molar-refractivity contribution in [2.24, 2.45) is 0 Å². The number of hydrogen-bond acceptors (Lipinski definition) is 3. The molecule has 17 heavy (non-hydrogen) atoms. The quantitative estimate of drug-likeness (QED) is 0.599. The van der Waals surface area contributed by atoms with Crippen molar-refractivity contribution >= 4 is 17.3 Å². The Hall–Kier alpha value is -1.97. The van der Waals surface area contributed by atoms with Crippen molar-refractivity contribution in [2.45, 2.75) is 6.42 Å². The van der Waals surface area contributed by atoms with Gasteiger partial charge in [0, 0.05) is 13.1 Å². The monoisotopic (exact) mass is 231 g/mol. The number of carbonyl (C=O) groups excluding carboxylic acids is 1. The summed E-state index contributed by atoms with van der Waals surface area (Å²) >= 11 is 0. The number of carbonyl (C=O) groups is 1. The molecule has 0 fully saturated rings. The molecule has 0 saturated carbocycles. The van der Waals surface area contributed by atoms with Crippen molar-refractivity contribution in [2.75, 3.05) is 30.3 Å². The zero-order chi connectivity index (χ0) is 12.3. The number of rotatable bonds is 4. The molecule has 4 heteroatoms. The van der Waals surface area contributed by atoms with E-state index < -0.39 is 0 Å². The summed E-state index contributed by atoms with van der Waals surface area (Å²) in [5.41, 5.74) is 8.93. The van der Waals surface area contributed by atoms with Gasteiger partial charge < -0.3 is 16.0 Å². The number of para-hydroxylation sites is 1. The number of nitrogens with one attached hydrogen (secondary N) is 1. The van der Waals surface area contributed by atoms with E-state index in [0.29, 0.717) is 13.1 Å². The van der Waals surface area contributed by atoms with Crippen molar-refractivity contribution in [3.05, 3.63) is 36.4 Å². The molecule has 0 radical (unpaired) electrons. The molecule has 1 aromatic carbocycles. The van der Waals surface area contributed by atoms with Crippen LogP contribution in [0.1, 0.15) is 5.56 Å². The topological polar surface area (TPSA) is 58.4 Å². The van der Waals surface area contributed by atoms with E-state index in [9.17, 15) is 4.79 Å². The molecular weight excluding hydrogens is 214 g/mol. The number of anilines is 2. The number of nitrogens with zero attached hydrogens (tertiary/aromatic N) is 1. The van der Waals surface area contributed by atoms with Crippen LogP contribution in [0.25, 0.3) is 0 Å². The summed E-state index contributed by atoms with van der Waals surface area (Å²) in [6, 6.07) is 5.89. The van der Waals surface area contributed by atoms with E-state index in [4.69, 9.17) is 5.73 Å². The van der Waals surface area contributed by atoms with Crippen LogP contribution in [0, 0.1) is 0 Å². The third kappa shape index (κ3) is 2.41. The Morgan fingerprint density at radius 2 is 2.41 bits per heavy atom. The van der Waals surface area contributed by atoms with Gasteiger partial charge in [-0.05, 0) is 18.1 Å². The molecule has 1 amide bonds. The largest absolute Gasteiger partial charge is 0.397 e. The predicted molar refractivity (Wildman–Crippen MR) is 70.0 cm³/mol. The predicted octanol–water partition coefficient (Wildman–Crippen LogP) is 0.933. The van der Waals surface area contributed by atoms with E-state index in [-0.39, 0.29) is 5.91 Å². The molecule has 0 aliphatic carbocycles. The van der Waals surface area contributed by atoms with Gasteiger partial charge in [0.25, 0.3) is 0 Å². The van der Waals surface area contributed by atoms with E-state index in [2.05, 4.69) is 18.0 Å². The van der Waals surface area contributed by atoms with Crippen LogP contribution in [0.3, 0.4) is 0 Å². The summed E-state index contributed by atoms with van der Waals surface area (Å²) in [7, 11) is 0. The molecule has 1 aliphatic rings. The Labute approximate surface area is 101 Å². The van der Waals surface area contributed by atoms with E-state index >= 15 is 0 Å². The Morgan fingerprint density at radius 1 is 1.59 bits per heavy atom. The molecular formula is C13H17N3O. The molecule has 3 N–H and O–H groups in total. The van der Waals surface area contributed by atoms with E-state index in [1.165, 1.54) is 5.56 Å². The molecule has 4 nitrogen and oxygen atoms in total. The minimum Gasteiger partial charge on any atom is -0.397 e. The summed E-state index contributed by atoms with van der Waals surface area (Å²) < 4.78 is 0. The number of nitrogens with two attached hydrogens (primary N) is 1. The fourth-order valence-electron chi connectivity index (χ4n) is 2.14. The second kappa shape index (κ2) is 4.91. The summed E-state index contributed by atoms with van der Waals surface area (Å²) in [4.78, 5) is 13.7. The van der Waals surface area contributed by atoms with E-state index in [1.54, 1.807) is 6.08 Å². The second-order valence-electron chi connectivity index (χ2n) is 4.12. The Morgan fingerprint density at radius 3 is 3.18 bits per heavy atom. The third-order valence-electron chi connectivity index (χ3n) is 2.90. The highest BCUT2D eigenvalue weighted by Gasteiger charge is 2.22. The van der Waals surface area contributed by atoms with Gasteiger partial charge in [-0.25, -0.2) is 0 Å². The standard InChI is InChI=1S/C13H17N3O/c1-2-7-15-12(17)9-16-8-6-10-4-3-5-11(14)13(10)16/h2-5H,1,6-9,14H2,(H,15,17). The highest BCUT2D eigenvalue weighted by molar-refractivity contribution is 5.85. The number of hydrogen-bond donors (Lipinski definition) is 2. The second-order valence-corrected chi connectivity index (χ2v) is 4.12. The van der Waals surface area contributed by atoms with Crippen LogP contribution < -0.4 is 16.0 Å². The number of fused-ring (bicyclic) bond motifs is 1. The molecule has 0 unspecified atom stereocenters. The van der Waals surface area contributed by atoms with Crippen molar-refractivity contribution in [1.82, 2.24) is 5.32 Å². The highest BCUT2D eigenvalue weighted by Crippen LogP contribution is 2.33. The first kappa shape index (κ1) is 11.5. The van der Waals surface area contributed by atoms with Crippen molar-refractivity contribution in [1.29, 1.82) is 0 Å². The lowest BCUT2D eigenvalue weighted by molar-refractivity contribution is -0.119. The number of amides is 1. The molecule has 2 rings (SSSR count). The van der Waals surface area contributed by atoms with Gasteiger partial charge >= 0.3 is 0 Å². The zero-order valence-corrected chi connectivity index (χ0v) is 9.78. The van der Waals surface area contributed by atoms with Crippen molar-refractivity contribution in [3.63, 3.8) is 0 Å². The fourth-order valence-corrected chi connectivity index (χ4v) is 2.14. The number of benzene rings is 1. The van der Waals surface area contributed by atoms with Crippen LogP contribution in [0.2, 0.25) is 0 Å². The first-order chi connectivity index (χ1) is 8.22. The third-order valence-corrected chi connectivity index (χ3v) is 2.90. The summed E-state index contributed by atoms with van der Waals surface area (Å²) in [6.07, 6.45) is 2.62. The van der Waals surface area contributed by atoms with E-state index in [0.717, 1.165) is 24.3 Å². The van der Waals surface area contributed by atoms with Gasteiger partial charge in [0.15, 0.2) is 0 Å². The zero-order valence-electron chi connectivity index (χ0n) is 9.78. The maximum atomic E-state index is 11.6. The Balaban J connectivity index is 2.06. The molecule has 1 aromatic rings. The molecule has 0 saturated heterocycles. The van der Waals surface area contributed by atoms with Crippen LogP contribution in [0.15, 0.2) is 30.9 Å². The highest BCUT2D eigenvalue weighted by atomic mass is 16.2. The Bertz CT molecular complexity index is 442. The SMILES string of the molecule is C=CCNC(=O)CN1CCc2cccc(N)c21. The maximum Gasteiger partial charge on any atom is 0.239 e. The van der Waals surface area contributed by atoms with Crippen LogP contribution in [0.5, 0.6) is 0 Å². The van der Waals surface area contributed by atoms with Gasteiger partial charge in [0.2, 0.25) is 5.91 Å². The van der Waals surface area contributed by atoms with Gasteiger partial charge in [-0.3, -0.25) is 4.79 Å². The van der Waals surface area contributed by atoms with Crippen LogP contribution in [-0.2, 0) is 11.2 Å². The van der Waals surface area contributed by atoms with Gasteiger partial charge in [0.05, 0.1) is 17.9 Å². The molecule has 0 bridgehead atoms. The van der Waals surface area contributed by atoms with Crippen LogP contribution >= 0.6 is 0 Å². The molecule has 1 heterocycles. The smallest absolute Gasteiger partial charge is 0.239 e. The van der Waals surface area contributed by atoms with Crippen molar-refractivity contribution < 1.29 is 4.79 Å². The van der Waals surface area contributed by atoms with Crippen molar-refractivity contribution in [3.8, 4) is 0 Å². The average molecular weight is 231 g/mol. The molecule has 90 valence electrons. The summed E-state index contributed by atoms with van der Waals surface area (Å²) in [5, 5.41) is 2.77. The number of nitrogen functional groups attached to an aromatic ring is 1. The fraction of sp³-hybridized carbons (Fsp3) is 0.308. The van der Waals surface area contributed by atoms with Crippen LogP contribution in [0.4, 0.5) is 11.4 Å². The lowest BCUT2D eigenvalue weighted by Gasteiger charge is -2.20. The first-order valence-electron chi connectivity index (χ1n) is 5.72. The normalized spacial score (nSPS) is 13.3. The van der Waals surface area contributed by atoms with Gasteiger partial charge in [0.1, 0.15) is 0 Å². The molecule has 0 atom stereocenters. The summed E-state index contributed by atoms with van der Waals surface area (Å²) in [6.45, 7) is 5.28. The van der Waals surface area contributed by atoms with Crippen LogP contribution in [-0.4, -0.2) is 25.5 Å². The Kier molecular flexibility index (Phi) is 3.32. The van der Waals surface area contributed by atoms with Gasteiger partial charge in [-0.15, -0.1) is 6.58 Å². The molecule has 0 aromatic heterocycles. The van der Waals surface area contributed by atoms with Gasteiger partial charge in [-0.2, -0.15) is 0 Å². The van der Waals surface area contributed by atoms with E-state index in [1.807, 2.05) is 17.0 Å². The minimum atomic E-state index is 0.000929. The van der Waals surface area contributed by atoms with Gasteiger partial charge in [-0.1, -0.05) is 18.2 Å².